The summed E-state index contributed by atoms with van der Waals surface area (Å²) in [6.45, 7) is 10.5. The highest BCUT2D eigenvalue weighted by atomic mass is 32.2. The Balaban J connectivity index is 2.30. The summed E-state index contributed by atoms with van der Waals surface area (Å²) in [4.78, 5) is 0.281. The van der Waals surface area contributed by atoms with Crippen molar-refractivity contribution in [3.8, 4) is 11.5 Å². The van der Waals surface area contributed by atoms with Gasteiger partial charge in [-0.3, -0.25) is 0 Å². The van der Waals surface area contributed by atoms with Crippen molar-refractivity contribution in [3.05, 3.63) is 18.2 Å². The van der Waals surface area contributed by atoms with Crippen molar-refractivity contribution in [2.75, 3.05) is 26.3 Å². The van der Waals surface area contributed by atoms with Crippen molar-refractivity contribution in [2.24, 2.45) is 11.8 Å². The smallest absolute Gasteiger partial charge is 0.243 e. The Hall–Kier alpha value is -1.27. The molecule has 1 saturated heterocycles. The molecule has 25 heavy (non-hydrogen) atoms. The lowest BCUT2D eigenvalue weighted by Gasteiger charge is -2.34. The standard InChI is InChI=1S/C19H31NO4S/c1-5-9-23-18-8-7-17(12-19(18)24-10-6-2)25(21,22)20-13-15(3)11-16(4)14-20/h7-8,12,15-16H,5-6,9-11,13-14H2,1-4H3. The summed E-state index contributed by atoms with van der Waals surface area (Å²) < 4.78 is 39.2. The van der Waals surface area contributed by atoms with Crippen LogP contribution in [0.1, 0.15) is 47.0 Å². The molecule has 0 aliphatic carbocycles. The first-order valence-electron chi connectivity index (χ1n) is 9.28. The molecule has 1 aliphatic heterocycles. The zero-order chi connectivity index (χ0) is 18.4. The van der Waals surface area contributed by atoms with Crippen LogP contribution in [0.3, 0.4) is 0 Å². The molecule has 0 bridgehead atoms. The van der Waals surface area contributed by atoms with Gasteiger partial charge in [-0.15, -0.1) is 0 Å². The van der Waals surface area contributed by atoms with Gasteiger partial charge in [-0.1, -0.05) is 27.7 Å². The van der Waals surface area contributed by atoms with Crippen LogP contribution in [0.5, 0.6) is 11.5 Å². The van der Waals surface area contributed by atoms with Crippen molar-refractivity contribution in [3.63, 3.8) is 0 Å². The average molecular weight is 370 g/mol. The largest absolute Gasteiger partial charge is 0.490 e. The topological polar surface area (TPSA) is 55.8 Å². The van der Waals surface area contributed by atoms with Crippen molar-refractivity contribution in [1.29, 1.82) is 0 Å². The first-order chi connectivity index (χ1) is 11.9. The number of rotatable bonds is 8. The monoisotopic (exact) mass is 369 g/mol. The molecule has 0 saturated carbocycles. The molecular weight excluding hydrogens is 338 g/mol. The number of piperidine rings is 1. The number of hydrogen-bond acceptors (Lipinski definition) is 4. The maximum atomic E-state index is 13.1. The van der Waals surface area contributed by atoms with Gasteiger partial charge in [0.05, 0.1) is 18.1 Å². The normalized spacial score (nSPS) is 21.9. The molecule has 0 spiro atoms. The van der Waals surface area contributed by atoms with Gasteiger partial charge in [0, 0.05) is 19.2 Å². The van der Waals surface area contributed by atoms with Gasteiger partial charge in [-0.2, -0.15) is 4.31 Å². The fraction of sp³-hybridized carbons (Fsp3) is 0.684. The van der Waals surface area contributed by atoms with Crippen LogP contribution in [0.25, 0.3) is 0 Å². The highest BCUT2D eigenvalue weighted by Gasteiger charge is 2.32. The second kappa shape index (κ2) is 8.90. The van der Waals surface area contributed by atoms with Crippen molar-refractivity contribution >= 4 is 10.0 Å². The van der Waals surface area contributed by atoms with Crippen molar-refractivity contribution in [2.45, 2.75) is 51.9 Å². The Kier molecular flexibility index (Phi) is 7.14. The number of nitrogens with zero attached hydrogens (tertiary/aromatic N) is 1. The third-order valence-electron chi connectivity index (χ3n) is 4.31. The van der Waals surface area contributed by atoms with Gasteiger partial charge in [-0.25, -0.2) is 8.42 Å². The SMILES string of the molecule is CCCOc1ccc(S(=O)(=O)N2CC(C)CC(C)C2)cc1OCCC. The van der Waals surface area contributed by atoms with E-state index >= 15 is 0 Å². The third-order valence-corrected chi connectivity index (χ3v) is 6.14. The predicted molar refractivity (Wildman–Crippen MR) is 99.7 cm³/mol. The van der Waals surface area contributed by atoms with Crippen LogP contribution in [0.2, 0.25) is 0 Å². The third kappa shape index (κ3) is 5.11. The minimum atomic E-state index is -3.51. The second-order valence-electron chi connectivity index (χ2n) is 7.07. The molecule has 0 amide bonds. The molecule has 1 aromatic rings. The lowest BCUT2D eigenvalue weighted by molar-refractivity contribution is 0.222. The molecule has 6 heteroatoms. The zero-order valence-corrected chi connectivity index (χ0v) is 16.6. The molecule has 2 unspecified atom stereocenters. The van der Waals surface area contributed by atoms with Crippen LogP contribution in [0.15, 0.2) is 23.1 Å². The van der Waals surface area contributed by atoms with Gasteiger partial charge in [0.15, 0.2) is 11.5 Å². The lowest BCUT2D eigenvalue weighted by Crippen LogP contribution is -2.42. The zero-order valence-electron chi connectivity index (χ0n) is 15.8. The molecule has 5 nitrogen and oxygen atoms in total. The highest BCUT2D eigenvalue weighted by Crippen LogP contribution is 2.33. The van der Waals surface area contributed by atoms with E-state index in [2.05, 4.69) is 13.8 Å². The summed E-state index contributed by atoms with van der Waals surface area (Å²) in [6, 6.07) is 4.95. The van der Waals surface area contributed by atoms with Crippen molar-refractivity contribution in [1.82, 2.24) is 4.31 Å². The summed E-state index contributed by atoms with van der Waals surface area (Å²) >= 11 is 0. The van der Waals surface area contributed by atoms with Gasteiger partial charge >= 0.3 is 0 Å². The van der Waals surface area contributed by atoms with Gasteiger partial charge in [0.2, 0.25) is 10.0 Å². The van der Waals surface area contributed by atoms with Crippen LogP contribution in [-0.4, -0.2) is 39.0 Å². The number of sulfonamides is 1. The quantitative estimate of drug-likeness (QED) is 0.697. The number of hydrogen-bond donors (Lipinski definition) is 0. The molecule has 1 aliphatic rings. The minimum absolute atomic E-state index is 0.281. The van der Waals surface area contributed by atoms with E-state index in [1.54, 1.807) is 22.5 Å². The Morgan fingerprint density at radius 2 is 1.56 bits per heavy atom. The molecule has 1 heterocycles. The summed E-state index contributed by atoms with van der Waals surface area (Å²) in [5, 5.41) is 0. The van der Waals surface area contributed by atoms with Crippen LogP contribution in [0.4, 0.5) is 0 Å². The van der Waals surface area contributed by atoms with Crippen molar-refractivity contribution < 1.29 is 17.9 Å². The van der Waals surface area contributed by atoms with E-state index in [9.17, 15) is 8.42 Å². The van der Waals surface area contributed by atoms with E-state index in [-0.39, 0.29) is 4.90 Å². The van der Waals surface area contributed by atoms with Gasteiger partial charge in [0.1, 0.15) is 0 Å². The lowest BCUT2D eigenvalue weighted by atomic mass is 9.94. The van der Waals surface area contributed by atoms with Gasteiger partial charge in [0.25, 0.3) is 0 Å². The highest BCUT2D eigenvalue weighted by molar-refractivity contribution is 7.89. The van der Waals surface area contributed by atoms with Crippen LogP contribution >= 0.6 is 0 Å². The Bertz CT molecular complexity index is 649. The first-order valence-corrected chi connectivity index (χ1v) is 10.7. The second-order valence-corrected chi connectivity index (χ2v) is 9.01. The van der Waals surface area contributed by atoms with E-state index in [4.69, 9.17) is 9.47 Å². The maximum Gasteiger partial charge on any atom is 0.243 e. The molecular formula is C19H31NO4S. The molecule has 2 rings (SSSR count). The molecule has 0 radical (unpaired) electrons. The summed E-state index contributed by atoms with van der Waals surface area (Å²) in [5.74, 6) is 1.87. The molecule has 0 N–H and O–H groups in total. The average Bonchev–Trinajstić information content (AvgIpc) is 2.57. The fourth-order valence-electron chi connectivity index (χ4n) is 3.26. The van der Waals surface area contributed by atoms with E-state index in [1.807, 2.05) is 13.8 Å². The maximum absolute atomic E-state index is 13.1. The van der Waals surface area contributed by atoms with E-state index in [0.29, 0.717) is 49.6 Å². The summed E-state index contributed by atoms with van der Waals surface area (Å²) in [7, 11) is -3.51. The molecule has 1 aromatic carbocycles. The first kappa shape index (κ1) is 20.0. The Morgan fingerprint density at radius 1 is 1.00 bits per heavy atom. The summed E-state index contributed by atoms with van der Waals surface area (Å²) in [6.07, 6.45) is 2.81. The number of ether oxygens (including phenoxy) is 2. The predicted octanol–water partition coefficient (Wildman–Crippen LogP) is 3.93. The molecule has 0 aromatic heterocycles. The fourth-order valence-corrected chi connectivity index (χ4v) is 4.95. The summed E-state index contributed by atoms with van der Waals surface area (Å²) in [5.41, 5.74) is 0. The van der Waals surface area contributed by atoms with E-state index in [0.717, 1.165) is 19.3 Å². The van der Waals surface area contributed by atoms with Crippen LogP contribution in [0, 0.1) is 11.8 Å². The van der Waals surface area contributed by atoms with E-state index in [1.165, 1.54) is 0 Å². The van der Waals surface area contributed by atoms with Gasteiger partial charge < -0.3 is 9.47 Å². The molecule has 2 atom stereocenters. The van der Waals surface area contributed by atoms with Crippen LogP contribution in [-0.2, 0) is 10.0 Å². The molecule has 142 valence electrons. The van der Waals surface area contributed by atoms with Crippen LogP contribution < -0.4 is 9.47 Å². The van der Waals surface area contributed by atoms with E-state index < -0.39 is 10.0 Å². The van der Waals surface area contributed by atoms with Gasteiger partial charge in [-0.05, 0) is 43.2 Å². The Morgan fingerprint density at radius 3 is 2.12 bits per heavy atom. The molecule has 1 fully saturated rings. The number of benzene rings is 1. The Labute approximate surface area is 152 Å². The minimum Gasteiger partial charge on any atom is -0.490 e.